The molecule has 2 saturated heterocycles. The number of aryl methyl sites for hydroxylation is 1. The molecule has 0 saturated carbocycles. The molecular formula is C53H67N11O8S2. The number of amides is 3. The summed E-state index contributed by atoms with van der Waals surface area (Å²) < 4.78 is 39.5. The molecule has 3 aromatic carbocycles. The molecule has 0 bridgehead atoms. The fourth-order valence-corrected chi connectivity index (χ4v) is 10.5. The number of thiazole rings is 1. The van der Waals surface area contributed by atoms with E-state index < -0.39 is 33.6 Å². The molecule has 3 atom stereocenters. The van der Waals surface area contributed by atoms with Gasteiger partial charge in [0.25, 0.3) is 0 Å². The first-order valence-corrected chi connectivity index (χ1v) is 27.7. The van der Waals surface area contributed by atoms with Crippen LogP contribution < -0.4 is 25.6 Å². The second-order valence-corrected chi connectivity index (χ2v) is 22.5. The molecular weight excluding hydrogens is 983 g/mol. The number of likely N-dealkylation sites (tertiary alicyclic amines) is 1. The number of benzene rings is 3. The van der Waals surface area contributed by atoms with Crippen LogP contribution in [-0.2, 0) is 40.4 Å². The van der Waals surface area contributed by atoms with Crippen LogP contribution in [0.3, 0.4) is 0 Å². The standard InChI is InChI=1S/C53H67N11O8S2/c1-36-49(73-35-56-36)38-11-9-37(10-12-38)32-54-48(67)31-44-30-45(65)34-63(44)51(68)50(53(2,3)4)58-47(66)19-25-71-27-28-72-26-24-61-20-22-62(23-21-61)42-15-13-40(14-16-42)57-52-55-33-43-17-18-46(64(43)59-52)39-7-6-8-41(29-39)60-74(5,69)70/h6-18,29,33,35,44-45,50,60,65H,19-28,30-32,34H2,1-5H3,(H,54,67)(H,57,59)(H,58,66)/t44-,45+,50+/m0/s1. The molecule has 3 amide bonds. The zero-order chi connectivity index (χ0) is 52.4. The summed E-state index contributed by atoms with van der Waals surface area (Å²) in [6.45, 7) is 13.8. The van der Waals surface area contributed by atoms with Gasteiger partial charge in [0.2, 0.25) is 33.7 Å². The Morgan fingerprint density at radius 3 is 2.31 bits per heavy atom. The first kappa shape index (κ1) is 53.8. The summed E-state index contributed by atoms with van der Waals surface area (Å²) in [5, 5.41) is 24.5. The molecule has 5 heterocycles. The van der Waals surface area contributed by atoms with Gasteiger partial charge in [-0.1, -0.05) is 57.2 Å². The molecule has 74 heavy (non-hydrogen) atoms. The third-order valence-electron chi connectivity index (χ3n) is 13.1. The monoisotopic (exact) mass is 1050 g/mol. The number of nitrogens with zero attached hydrogens (tertiary/aromatic N) is 7. The third kappa shape index (κ3) is 14.6. The van der Waals surface area contributed by atoms with Crippen molar-refractivity contribution in [1.29, 1.82) is 0 Å². The summed E-state index contributed by atoms with van der Waals surface area (Å²) in [6.07, 6.45) is 2.48. The highest BCUT2D eigenvalue weighted by Gasteiger charge is 2.42. The van der Waals surface area contributed by atoms with Gasteiger partial charge in [-0.25, -0.2) is 22.9 Å². The zero-order valence-electron chi connectivity index (χ0n) is 42.6. The Balaban J connectivity index is 0.700. The molecule has 21 heteroatoms. The summed E-state index contributed by atoms with van der Waals surface area (Å²) in [7, 11) is -3.42. The quantitative estimate of drug-likeness (QED) is 0.0516. The van der Waals surface area contributed by atoms with Crippen molar-refractivity contribution in [3.63, 3.8) is 0 Å². The van der Waals surface area contributed by atoms with Gasteiger partial charge in [0.15, 0.2) is 0 Å². The molecule has 6 aromatic rings. The number of anilines is 4. The number of sulfonamides is 1. The first-order valence-electron chi connectivity index (χ1n) is 24.9. The Morgan fingerprint density at radius 1 is 0.865 bits per heavy atom. The molecule has 2 fully saturated rings. The normalized spacial score (nSPS) is 16.8. The van der Waals surface area contributed by atoms with Gasteiger partial charge in [0.05, 0.1) is 72.3 Å². The van der Waals surface area contributed by atoms with Crippen LogP contribution in [-0.4, -0.2) is 151 Å². The van der Waals surface area contributed by atoms with Crippen molar-refractivity contribution < 1.29 is 37.4 Å². The minimum atomic E-state index is -3.42. The van der Waals surface area contributed by atoms with Crippen LogP contribution in [0.15, 0.2) is 96.6 Å². The van der Waals surface area contributed by atoms with Gasteiger partial charge in [-0.15, -0.1) is 16.4 Å². The number of carbonyl (C=O) groups is 3. The molecule has 0 unspecified atom stereocenters. The van der Waals surface area contributed by atoms with Crippen LogP contribution in [0.2, 0.25) is 0 Å². The van der Waals surface area contributed by atoms with Crippen molar-refractivity contribution in [1.82, 2.24) is 40.0 Å². The topological polar surface area (TPSA) is 225 Å². The number of β-amino-alcohol motifs (C(OH)–C–C–N with tert-alkyl or cyclic N) is 1. The Hall–Kier alpha value is -6.49. The van der Waals surface area contributed by atoms with Gasteiger partial charge in [-0.05, 0) is 78.4 Å². The lowest BCUT2D eigenvalue weighted by atomic mass is 9.85. The van der Waals surface area contributed by atoms with Crippen LogP contribution in [0.1, 0.15) is 51.3 Å². The molecule has 0 radical (unpaired) electrons. The van der Waals surface area contributed by atoms with E-state index in [0.29, 0.717) is 38.0 Å². The van der Waals surface area contributed by atoms with E-state index in [1.54, 1.807) is 45.1 Å². The predicted octanol–water partition coefficient (Wildman–Crippen LogP) is 5.69. The average molecular weight is 1050 g/mol. The smallest absolute Gasteiger partial charge is 0.246 e. The maximum Gasteiger partial charge on any atom is 0.246 e. The number of nitrogens with one attached hydrogen (secondary N) is 4. The summed E-state index contributed by atoms with van der Waals surface area (Å²) in [5.41, 5.74) is 9.03. The number of piperazine rings is 1. The Morgan fingerprint density at radius 2 is 1.61 bits per heavy atom. The van der Waals surface area contributed by atoms with Crippen LogP contribution in [0.4, 0.5) is 23.0 Å². The van der Waals surface area contributed by atoms with Crippen molar-refractivity contribution in [2.45, 2.75) is 71.7 Å². The number of hydrogen-bond acceptors (Lipinski definition) is 15. The Kier molecular flexibility index (Phi) is 17.6. The van der Waals surface area contributed by atoms with Crippen molar-refractivity contribution in [3.8, 4) is 21.7 Å². The molecule has 0 aliphatic carbocycles. The van der Waals surface area contributed by atoms with E-state index in [1.165, 1.54) is 0 Å². The lowest BCUT2D eigenvalue weighted by molar-refractivity contribution is -0.141. The third-order valence-corrected chi connectivity index (χ3v) is 14.7. The zero-order valence-corrected chi connectivity index (χ0v) is 44.3. The fraction of sp³-hybridized carbons (Fsp3) is 0.434. The molecule has 2 aliphatic heterocycles. The summed E-state index contributed by atoms with van der Waals surface area (Å²) in [4.78, 5) is 56.5. The van der Waals surface area contributed by atoms with Gasteiger partial charge >= 0.3 is 0 Å². The van der Waals surface area contributed by atoms with Gasteiger partial charge in [-0.3, -0.25) is 24.0 Å². The molecule has 0 spiro atoms. The van der Waals surface area contributed by atoms with Gasteiger partial charge in [-0.2, -0.15) is 0 Å². The SMILES string of the molecule is Cc1ncsc1-c1ccc(CNC(=O)C[C@@H]2C[C@@H](O)CN2C(=O)[C@@H](NC(=O)CCOCCOCCN2CCN(c3ccc(Nc4ncc5ccc(-c6cccc(NS(C)(=O)=O)c6)n5n4)cc3)CC2)C(C)(C)C)cc1. The molecule has 394 valence electrons. The number of fused-ring (bicyclic) bond motifs is 1. The van der Waals surface area contributed by atoms with Crippen molar-refractivity contribution in [2.75, 3.05) is 86.9 Å². The lowest BCUT2D eigenvalue weighted by Gasteiger charge is -2.36. The van der Waals surface area contributed by atoms with Crippen LogP contribution >= 0.6 is 11.3 Å². The van der Waals surface area contributed by atoms with Crippen molar-refractivity contribution in [3.05, 3.63) is 108 Å². The van der Waals surface area contributed by atoms with E-state index in [-0.39, 0.29) is 50.1 Å². The number of aliphatic hydroxyl groups excluding tert-OH is 1. The van der Waals surface area contributed by atoms with Crippen LogP contribution in [0.25, 0.3) is 27.2 Å². The Labute approximate surface area is 436 Å². The van der Waals surface area contributed by atoms with E-state index in [9.17, 15) is 27.9 Å². The van der Waals surface area contributed by atoms with E-state index in [4.69, 9.17) is 14.6 Å². The van der Waals surface area contributed by atoms with E-state index in [1.807, 2.05) is 87.8 Å². The maximum absolute atomic E-state index is 14.0. The molecule has 8 rings (SSSR count). The summed E-state index contributed by atoms with van der Waals surface area (Å²) in [6, 6.07) is 25.8. The number of hydrogen-bond donors (Lipinski definition) is 5. The largest absolute Gasteiger partial charge is 0.391 e. The number of rotatable bonds is 22. The number of ether oxygens (including phenoxy) is 2. The highest BCUT2D eigenvalue weighted by Crippen LogP contribution is 2.30. The molecule has 19 nitrogen and oxygen atoms in total. The van der Waals surface area contributed by atoms with Gasteiger partial charge < -0.3 is 40.3 Å². The van der Waals surface area contributed by atoms with Crippen molar-refractivity contribution in [2.24, 2.45) is 5.41 Å². The Bertz CT molecular complexity index is 2970. The van der Waals surface area contributed by atoms with Gasteiger partial charge in [0.1, 0.15) is 6.04 Å². The van der Waals surface area contributed by atoms with E-state index in [2.05, 4.69) is 52.6 Å². The predicted molar refractivity (Wildman–Crippen MR) is 288 cm³/mol. The lowest BCUT2D eigenvalue weighted by Crippen LogP contribution is -2.56. The average Bonchev–Trinajstić information content (AvgIpc) is 4.10. The highest BCUT2D eigenvalue weighted by atomic mass is 32.2. The molecule has 3 aromatic heterocycles. The molecule has 5 N–H and O–H groups in total. The summed E-state index contributed by atoms with van der Waals surface area (Å²) in [5.74, 6) is -0.441. The van der Waals surface area contributed by atoms with E-state index in [0.717, 1.165) is 88.8 Å². The van der Waals surface area contributed by atoms with Crippen LogP contribution in [0, 0.1) is 12.3 Å². The second-order valence-electron chi connectivity index (χ2n) is 19.9. The minimum absolute atomic E-state index is 0.0404. The fourth-order valence-electron chi connectivity index (χ4n) is 9.17. The first-order chi connectivity index (χ1) is 35.5. The van der Waals surface area contributed by atoms with Crippen molar-refractivity contribution >= 4 is 67.6 Å². The summed E-state index contributed by atoms with van der Waals surface area (Å²) >= 11 is 1.59. The van der Waals surface area contributed by atoms with Gasteiger partial charge in [0, 0.05) is 87.3 Å². The minimum Gasteiger partial charge on any atom is -0.391 e. The highest BCUT2D eigenvalue weighted by molar-refractivity contribution is 7.92. The van der Waals surface area contributed by atoms with Crippen LogP contribution in [0.5, 0.6) is 0 Å². The number of carbonyl (C=O) groups excluding carboxylic acids is 3. The number of aliphatic hydroxyl groups is 1. The molecule has 2 aliphatic rings. The maximum atomic E-state index is 14.0. The van der Waals surface area contributed by atoms with E-state index >= 15 is 0 Å². The number of aromatic nitrogens is 4. The second kappa shape index (κ2) is 24.2.